The van der Waals surface area contributed by atoms with Crippen molar-refractivity contribution in [3.63, 3.8) is 0 Å². The van der Waals surface area contributed by atoms with Crippen LogP contribution in [-0.2, 0) is 4.74 Å². The van der Waals surface area contributed by atoms with Crippen LogP contribution in [0.1, 0.15) is 31.9 Å². The van der Waals surface area contributed by atoms with Crippen molar-refractivity contribution in [1.29, 1.82) is 0 Å². The van der Waals surface area contributed by atoms with E-state index in [1.165, 1.54) is 0 Å². The molecule has 0 saturated carbocycles. The van der Waals surface area contributed by atoms with Crippen LogP contribution in [0.25, 0.3) is 0 Å². The summed E-state index contributed by atoms with van der Waals surface area (Å²) in [6.45, 7) is 8.67. The van der Waals surface area contributed by atoms with Crippen LogP contribution < -0.4 is 10.5 Å². The van der Waals surface area contributed by atoms with Crippen LogP contribution in [0.2, 0.25) is 0 Å². The summed E-state index contributed by atoms with van der Waals surface area (Å²) < 4.78 is 11.7. The van der Waals surface area contributed by atoms with Gasteiger partial charge in [0, 0.05) is 24.7 Å². The van der Waals surface area contributed by atoms with Crippen molar-refractivity contribution in [3.8, 4) is 5.75 Å². The van der Waals surface area contributed by atoms with Gasteiger partial charge in [-0.05, 0) is 19.0 Å². The van der Waals surface area contributed by atoms with Gasteiger partial charge in [-0.1, -0.05) is 32.0 Å². The highest BCUT2D eigenvalue weighted by atomic mass is 16.5. The molecule has 0 bridgehead atoms. The predicted octanol–water partition coefficient (Wildman–Crippen LogP) is 2.20. The first kappa shape index (κ1) is 15.3. The van der Waals surface area contributed by atoms with Crippen LogP contribution in [0.4, 0.5) is 0 Å². The van der Waals surface area contributed by atoms with Gasteiger partial charge >= 0.3 is 0 Å². The number of likely N-dealkylation sites (N-methyl/N-ethyl adjacent to an activating group) is 1. The zero-order valence-electron chi connectivity index (χ0n) is 12.5. The lowest BCUT2D eigenvalue weighted by molar-refractivity contribution is -0.0465. The normalized spacial score (nSPS) is 21.6. The van der Waals surface area contributed by atoms with Gasteiger partial charge in [-0.15, -0.1) is 0 Å². The lowest BCUT2D eigenvalue weighted by atomic mass is 10.0. The van der Waals surface area contributed by atoms with Gasteiger partial charge in [0.25, 0.3) is 0 Å². The maximum atomic E-state index is 6.13. The minimum Gasteiger partial charge on any atom is -0.490 e. The molecule has 0 amide bonds. The molecular weight excluding hydrogens is 252 g/mol. The molecule has 2 N–H and O–H groups in total. The Morgan fingerprint density at radius 2 is 2.20 bits per heavy atom. The number of benzene rings is 1. The summed E-state index contributed by atoms with van der Waals surface area (Å²) in [4.78, 5) is 2.39. The number of hydrogen-bond acceptors (Lipinski definition) is 4. The van der Waals surface area contributed by atoms with Crippen molar-refractivity contribution in [2.45, 2.75) is 32.4 Å². The summed E-state index contributed by atoms with van der Waals surface area (Å²) in [5.41, 5.74) is 7.21. The SMILES string of the molecule is CCC(N)c1ccccc1OCC1CN(CC)CCO1. The van der Waals surface area contributed by atoms with Gasteiger partial charge in [-0.2, -0.15) is 0 Å². The number of ether oxygens (including phenoxy) is 2. The lowest BCUT2D eigenvalue weighted by Gasteiger charge is -2.32. The van der Waals surface area contributed by atoms with Crippen LogP contribution in [0.3, 0.4) is 0 Å². The highest BCUT2D eigenvalue weighted by Crippen LogP contribution is 2.25. The molecule has 2 atom stereocenters. The van der Waals surface area contributed by atoms with Gasteiger partial charge in [-0.25, -0.2) is 0 Å². The molecule has 0 radical (unpaired) electrons. The molecule has 4 nitrogen and oxygen atoms in total. The van der Waals surface area contributed by atoms with E-state index in [1.807, 2.05) is 24.3 Å². The molecule has 1 aliphatic heterocycles. The lowest BCUT2D eigenvalue weighted by Crippen LogP contribution is -2.44. The van der Waals surface area contributed by atoms with E-state index in [4.69, 9.17) is 15.2 Å². The van der Waals surface area contributed by atoms with E-state index in [0.717, 1.165) is 44.0 Å². The van der Waals surface area contributed by atoms with Crippen molar-refractivity contribution in [2.24, 2.45) is 5.73 Å². The Balaban J connectivity index is 1.93. The predicted molar refractivity (Wildman–Crippen MR) is 81.0 cm³/mol. The first-order valence-corrected chi connectivity index (χ1v) is 7.55. The first-order chi connectivity index (χ1) is 9.74. The van der Waals surface area contributed by atoms with Crippen molar-refractivity contribution in [1.82, 2.24) is 4.90 Å². The van der Waals surface area contributed by atoms with Gasteiger partial charge < -0.3 is 15.2 Å². The molecule has 2 unspecified atom stereocenters. The van der Waals surface area contributed by atoms with Crippen LogP contribution in [0.15, 0.2) is 24.3 Å². The Kier molecular flexibility index (Phi) is 5.83. The van der Waals surface area contributed by atoms with E-state index < -0.39 is 0 Å². The number of rotatable bonds is 6. The molecule has 1 heterocycles. The van der Waals surface area contributed by atoms with Crippen LogP contribution in [-0.4, -0.2) is 43.9 Å². The number of nitrogens with two attached hydrogens (primary N) is 1. The molecule has 1 aromatic rings. The fourth-order valence-electron chi connectivity index (χ4n) is 2.49. The average Bonchev–Trinajstić information content (AvgIpc) is 2.52. The Hall–Kier alpha value is -1.10. The summed E-state index contributed by atoms with van der Waals surface area (Å²) in [7, 11) is 0. The second-order valence-corrected chi connectivity index (χ2v) is 5.25. The minimum atomic E-state index is 0.0330. The van der Waals surface area contributed by atoms with Gasteiger partial charge in [0.2, 0.25) is 0 Å². The molecule has 112 valence electrons. The molecule has 1 saturated heterocycles. The van der Waals surface area contributed by atoms with E-state index in [2.05, 4.69) is 18.7 Å². The summed E-state index contributed by atoms with van der Waals surface area (Å²) in [6.07, 6.45) is 1.05. The smallest absolute Gasteiger partial charge is 0.124 e. The Labute approximate surface area is 121 Å². The number of hydrogen-bond donors (Lipinski definition) is 1. The second-order valence-electron chi connectivity index (χ2n) is 5.25. The van der Waals surface area contributed by atoms with Gasteiger partial charge in [0.05, 0.1) is 6.61 Å². The summed E-state index contributed by atoms with van der Waals surface area (Å²) in [5, 5.41) is 0. The van der Waals surface area contributed by atoms with Gasteiger partial charge in [0.15, 0.2) is 0 Å². The van der Waals surface area contributed by atoms with E-state index >= 15 is 0 Å². The molecular formula is C16H26N2O2. The topological polar surface area (TPSA) is 47.7 Å². The van der Waals surface area contributed by atoms with E-state index in [9.17, 15) is 0 Å². The fraction of sp³-hybridized carbons (Fsp3) is 0.625. The molecule has 1 aliphatic rings. The van der Waals surface area contributed by atoms with Crippen molar-refractivity contribution >= 4 is 0 Å². The summed E-state index contributed by atoms with van der Waals surface area (Å²) in [5.74, 6) is 0.888. The third-order valence-corrected chi connectivity index (χ3v) is 3.85. The molecule has 0 aliphatic carbocycles. The quantitative estimate of drug-likeness (QED) is 0.866. The minimum absolute atomic E-state index is 0.0330. The first-order valence-electron chi connectivity index (χ1n) is 7.55. The molecule has 1 aromatic carbocycles. The third-order valence-electron chi connectivity index (χ3n) is 3.85. The molecule has 0 aromatic heterocycles. The highest BCUT2D eigenvalue weighted by molar-refractivity contribution is 5.35. The molecule has 20 heavy (non-hydrogen) atoms. The van der Waals surface area contributed by atoms with Crippen molar-refractivity contribution < 1.29 is 9.47 Å². The Bertz CT molecular complexity index is 411. The van der Waals surface area contributed by atoms with Crippen LogP contribution in [0.5, 0.6) is 5.75 Å². The third kappa shape index (κ3) is 3.95. The van der Waals surface area contributed by atoms with E-state index in [1.54, 1.807) is 0 Å². The fourth-order valence-corrected chi connectivity index (χ4v) is 2.49. The van der Waals surface area contributed by atoms with Gasteiger partial charge in [0.1, 0.15) is 18.5 Å². The van der Waals surface area contributed by atoms with Crippen molar-refractivity contribution in [2.75, 3.05) is 32.8 Å². The highest BCUT2D eigenvalue weighted by Gasteiger charge is 2.20. The van der Waals surface area contributed by atoms with Crippen molar-refractivity contribution in [3.05, 3.63) is 29.8 Å². The number of para-hydroxylation sites is 1. The largest absolute Gasteiger partial charge is 0.490 e. The zero-order chi connectivity index (χ0) is 14.4. The number of morpholine rings is 1. The summed E-state index contributed by atoms with van der Waals surface area (Å²) >= 11 is 0. The second kappa shape index (κ2) is 7.62. The van der Waals surface area contributed by atoms with Crippen LogP contribution >= 0.6 is 0 Å². The number of nitrogens with zero attached hydrogens (tertiary/aromatic N) is 1. The Morgan fingerprint density at radius 3 is 2.95 bits per heavy atom. The van der Waals surface area contributed by atoms with Gasteiger partial charge in [-0.3, -0.25) is 4.90 Å². The standard InChI is InChI=1S/C16H26N2O2/c1-3-15(17)14-7-5-6-8-16(14)20-12-13-11-18(4-2)9-10-19-13/h5-8,13,15H,3-4,9-12,17H2,1-2H3. The maximum absolute atomic E-state index is 6.13. The van der Waals surface area contributed by atoms with E-state index in [0.29, 0.717) is 6.61 Å². The molecule has 0 spiro atoms. The molecule has 1 fully saturated rings. The summed E-state index contributed by atoms with van der Waals surface area (Å²) in [6, 6.07) is 8.06. The maximum Gasteiger partial charge on any atom is 0.124 e. The Morgan fingerprint density at radius 1 is 1.40 bits per heavy atom. The van der Waals surface area contributed by atoms with E-state index in [-0.39, 0.29) is 12.1 Å². The van der Waals surface area contributed by atoms with Crippen LogP contribution in [0, 0.1) is 0 Å². The average molecular weight is 278 g/mol. The molecule has 4 heteroatoms. The zero-order valence-corrected chi connectivity index (χ0v) is 12.5. The molecule has 2 rings (SSSR count). The monoisotopic (exact) mass is 278 g/mol.